The fraction of sp³-hybridized carbons (Fsp3) is 0.611. The minimum atomic E-state index is -4.42. The summed E-state index contributed by atoms with van der Waals surface area (Å²) >= 11 is 0. The normalized spacial score (nSPS) is 24.0. The molecule has 0 aromatic heterocycles. The number of carbonyl (C=O) groups is 1. The van der Waals surface area contributed by atoms with Gasteiger partial charge >= 0.3 is 6.18 Å². The Bertz CT molecular complexity index is 582. The van der Waals surface area contributed by atoms with Crippen molar-refractivity contribution in [1.29, 1.82) is 0 Å². The molecule has 1 atom stereocenters. The maximum Gasteiger partial charge on any atom is 0.416 e. The van der Waals surface area contributed by atoms with E-state index in [-0.39, 0.29) is 17.3 Å². The molecule has 3 nitrogen and oxygen atoms in total. The van der Waals surface area contributed by atoms with Crippen molar-refractivity contribution in [3.05, 3.63) is 35.4 Å². The predicted molar refractivity (Wildman–Crippen MR) is 83.9 cm³/mol. The molecule has 0 amide bonds. The van der Waals surface area contributed by atoms with Crippen LogP contribution in [0.1, 0.15) is 41.6 Å². The number of rotatable bonds is 3. The minimum Gasteiger partial charge on any atom is -0.381 e. The van der Waals surface area contributed by atoms with Crippen LogP contribution in [0.2, 0.25) is 0 Å². The first kappa shape index (κ1) is 17.4. The third-order valence-electron chi connectivity index (χ3n) is 5.01. The molecule has 0 N–H and O–H groups in total. The van der Waals surface area contributed by atoms with Gasteiger partial charge in [-0.2, -0.15) is 13.2 Å². The molecule has 0 saturated carbocycles. The van der Waals surface area contributed by atoms with E-state index in [0.29, 0.717) is 12.6 Å². The Balaban J connectivity index is 1.70. The average Bonchev–Trinajstić information content (AvgIpc) is 2.61. The Hall–Kier alpha value is -1.40. The van der Waals surface area contributed by atoms with Crippen molar-refractivity contribution in [2.24, 2.45) is 5.92 Å². The highest BCUT2D eigenvalue weighted by atomic mass is 19.4. The minimum absolute atomic E-state index is 0.169. The largest absolute Gasteiger partial charge is 0.416 e. The summed E-state index contributed by atoms with van der Waals surface area (Å²) in [5, 5.41) is 0. The maximum absolute atomic E-state index is 12.8. The van der Waals surface area contributed by atoms with Crippen molar-refractivity contribution < 1.29 is 22.7 Å². The number of benzene rings is 1. The SMILES string of the molecule is O=C(c1cccc(C(F)(F)F)c1)[C@@H]1CCCN(C2CCOCC2)C1. The number of nitrogens with zero attached hydrogens (tertiary/aromatic N) is 1. The second kappa shape index (κ2) is 7.23. The van der Waals surface area contributed by atoms with Crippen LogP contribution in [-0.4, -0.2) is 43.0 Å². The van der Waals surface area contributed by atoms with Crippen LogP contribution in [0.3, 0.4) is 0 Å². The molecule has 132 valence electrons. The van der Waals surface area contributed by atoms with Crippen LogP contribution in [-0.2, 0) is 10.9 Å². The number of carbonyl (C=O) groups excluding carboxylic acids is 1. The second-order valence-corrected chi connectivity index (χ2v) is 6.62. The summed E-state index contributed by atoms with van der Waals surface area (Å²) in [4.78, 5) is 15.0. The van der Waals surface area contributed by atoms with E-state index in [4.69, 9.17) is 4.74 Å². The number of ether oxygens (including phenoxy) is 1. The zero-order valence-corrected chi connectivity index (χ0v) is 13.5. The van der Waals surface area contributed by atoms with Crippen LogP contribution >= 0.6 is 0 Å². The summed E-state index contributed by atoms with van der Waals surface area (Å²) in [7, 11) is 0. The molecule has 0 unspecified atom stereocenters. The van der Waals surface area contributed by atoms with Crippen LogP contribution in [0.25, 0.3) is 0 Å². The van der Waals surface area contributed by atoms with Crippen molar-refractivity contribution in [3.8, 4) is 0 Å². The third-order valence-corrected chi connectivity index (χ3v) is 5.01. The topological polar surface area (TPSA) is 29.5 Å². The van der Waals surface area contributed by atoms with E-state index in [2.05, 4.69) is 4.90 Å². The highest BCUT2D eigenvalue weighted by Crippen LogP contribution is 2.31. The summed E-state index contributed by atoms with van der Waals surface area (Å²) in [6.45, 7) is 3.08. The molecule has 3 rings (SSSR count). The van der Waals surface area contributed by atoms with Gasteiger partial charge in [0.2, 0.25) is 0 Å². The number of alkyl halides is 3. The van der Waals surface area contributed by atoms with E-state index < -0.39 is 11.7 Å². The fourth-order valence-electron chi connectivity index (χ4n) is 3.69. The lowest BCUT2D eigenvalue weighted by Crippen LogP contribution is -2.46. The molecule has 0 aliphatic carbocycles. The van der Waals surface area contributed by atoms with Crippen LogP contribution in [0.4, 0.5) is 13.2 Å². The lowest BCUT2D eigenvalue weighted by atomic mass is 9.88. The van der Waals surface area contributed by atoms with Gasteiger partial charge in [-0.3, -0.25) is 9.69 Å². The molecule has 0 radical (unpaired) electrons. The molecule has 1 aromatic rings. The highest BCUT2D eigenvalue weighted by Gasteiger charge is 2.33. The quantitative estimate of drug-likeness (QED) is 0.784. The summed E-state index contributed by atoms with van der Waals surface area (Å²) in [5.74, 6) is -0.386. The van der Waals surface area contributed by atoms with E-state index in [9.17, 15) is 18.0 Å². The summed E-state index contributed by atoms with van der Waals surface area (Å²) in [6.07, 6.45) is -0.840. The molecule has 2 aliphatic rings. The van der Waals surface area contributed by atoms with Crippen LogP contribution in [0, 0.1) is 5.92 Å². The van der Waals surface area contributed by atoms with Gasteiger partial charge in [-0.25, -0.2) is 0 Å². The van der Waals surface area contributed by atoms with Gasteiger partial charge in [-0.15, -0.1) is 0 Å². The molecule has 2 aliphatic heterocycles. The first-order chi connectivity index (χ1) is 11.4. The number of halogens is 3. The number of ketones is 1. The predicted octanol–water partition coefficient (Wildman–Crippen LogP) is 3.78. The Labute approximate surface area is 139 Å². The van der Waals surface area contributed by atoms with E-state index in [1.807, 2.05) is 0 Å². The van der Waals surface area contributed by atoms with Crippen molar-refractivity contribution in [2.75, 3.05) is 26.3 Å². The number of piperidine rings is 1. The van der Waals surface area contributed by atoms with Crippen LogP contribution in [0.5, 0.6) is 0 Å². The number of likely N-dealkylation sites (tertiary alicyclic amines) is 1. The average molecular weight is 341 g/mol. The van der Waals surface area contributed by atoms with Gasteiger partial charge in [0.05, 0.1) is 5.56 Å². The van der Waals surface area contributed by atoms with E-state index in [1.54, 1.807) is 0 Å². The molecule has 2 saturated heterocycles. The van der Waals surface area contributed by atoms with E-state index in [1.165, 1.54) is 12.1 Å². The zero-order valence-electron chi connectivity index (χ0n) is 13.5. The van der Waals surface area contributed by atoms with Gasteiger partial charge in [0.1, 0.15) is 0 Å². The third kappa shape index (κ3) is 3.98. The summed E-state index contributed by atoms with van der Waals surface area (Å²) in [6, 6.07) is 5.22. The first-order valence-corrected chi connectivity index (χ1v) is 8.48. The Kier molecular flexibility index (Phi) is 5.25. The molecule has 0 bridgehead atoms. The monoisotopic (exact) mass is 341 g/mol. The molecular weight excluding hydrogens is 319 g/mol. The smallest absolute Gasteiger partial charge is 0.381 e. The lowest BCUT2D eigenvalue weighted by molar-refractivity contribution is -0.137. The van der Waals surface area contributed by atoms with Crippen molar-refractivity contribution >= 4 is 5.78 Å². The molecule has 2 fully saturated rings. The van der Waals surface area contributed by atoms with Crippen LogP contribution in [0.15, 0.2) is 24.3 Å². The molecule has 24 heavy (non-hydrogen) atoms. The molecule has 6 heteroatoms. The summed E-state index contributed by atoms with van der Waals surface area (Å²) < 4.78 is 43.9. The standard InChI is InChI=1S/C18H22F3NO2/c19-18(20,21)15-5-1-3-13(11-15)17(23)14-4-2-8-22(12-14)16-6-9-24-10-7-16/h1,3,5,11,14,16H,2,4,6-10,12H2/t14-/m1/s1. The number of Topliss-reactive ketones (excluding diaryl/α,β-unsaturated/α-hetero) is 1. The maximum atomic E-state index is 12.8. The Morgan fingerprint density at radius 3 is 2.62 bits per heavy atom. The first-order valence-electron chi connectivity index (χ1n) is 8.48. The van der Waals surface area contributed by atoms with Crippen molar-refractivity contribution in [3.63, 3.8) is 0 Å². The second-order valence-electron chi connectivity index (χ2n) is 6.62. The van der Waals surface area contributed by atoms with Crippen LogP contribution < -0.4 is 0 Å². The molecule has 1 aromatic carbocycles. The molecular formula is C18H22F3NO2. The van der Waals surface area contributed by atoms with E-state index >= 15 is 0 Å². The van der Waals surface area contributed by atoms with Gasteiger partial charge < -0.3 is 4.74 Å². The van der Waals surface area contributed by atoms with E-state index in [0.717, 1.165) is 57.6 Å². The van der Waals surface area contributed by atoms with Crippen molar-refractivity contribution in [1.82, 2.24) is 4.90 Å². The Morgan fingerprint density at radius 1 is 1.17 bits per heavy atom. The van der Waals surface area contributed by atoms with Gasteiger partial charge in [0.15, 0.2) is 5.78 Å². The molecule has 0 spiro atoms. The van der Waals surface area contributed by atoms with Gasteiger partial charge in [-0.05, 0) is 44.4 Å². The fourth-order valence-corrected chi connectivity index (χ4v) is 3.69. The van der Waals surface area contributed by atoms with Gasteiger partial charge in [0, 0.05) is 37.3 Å². The lowest BCUT2D eigenvalue weighted by Gasteiger charge is -2.39. The number of hydrogen-bond acceptors (Lipinski definition) is 3. The van der Waals surface area contributed by atoms with Gasteiger partial charge in [0.25, 0.3) is 0 Å². The Morgan fingerprint density at radius 2 is 1.92 bits per heavy atom. The van der Waals surface area contributed by atoms with Gasteiger partial charge in [-0.1, -0.05) is 12.1 Å². The highest BCUT2D eigenvalue weighted by molar-refractivity contribution is 5.98. The number of hydrogen-bond donors (Lipinski definition) is 0. The zero-order chi connectivity index (χ0) is 17.2. The summed E-state index contributed by atoms with van der Waals surface area (Å²) in [5.41, 5.74) is -0.589. The molecule has 2 heterocycles. The van der Waals surface area contributed by atoms with Crippen molar-refractivity contribution in [2.45, 2.75) is 37.9 Å².